The number of hydrogen-bond donors (Lipinski definition) is 2. The summed E-state index contributed by atoms with van der Waals surface area (Å²) in [5.74, 6) is -0.247. The third-order valence-electron chi connectivity index (χ3n) is 4.82. The van der Waals surface area contributed by atoms with Crippen molar-refractivity contribution in [2.75, 3.05) is 19.7 Å². The van der Waals surface area contributed by atoms with Gasteiger partial charge in [0.1, 0.15) is 11.9 Å². The Kier molecular flexibility index (Phi) is 5.28. The second kappa shape index (κ2) is 7.23. The van der Waals surface area contributed by atoms with Crippen LogP contribution in [0.2, 0.25) is 0 Å². The number of halogens is 1. The summed E-state index contributed by atoms with van der Waals surface area (Å²) in [7, 11) is 0. The molecule has 0 radical (unpaired) electrons. The zero-order chi connectivity index (χ0) is 16.4. The highest BCUT2D eigenvalue weighted by molar-refractivity contribution is 5.16. The van der Waals surface area contributed by atoms with Gasteiger partial charge >= 0.3 is 0 Å². The van der Waals surface area contributed by atoms with Gasteiger partial charge in [0.05, 0.1) is 24.8 Å². The predicted octanol–water partition coefficient (Wildman–Crippen LogP) is 1.11. The van der Waals surface area contributed by atoms with Crippen molar-refractivity contribution < 1.29 is 19.0 Å². The summed E-state index contributed by atoms with van der Waals surface area (Å²) >= 11 is 0. The van der Waals surface area contributed by atoms with Crippen molar-refractivity contribution >= 4 is 0 Å². The largest absolute Gasteiger partial charge is 0.390 e. The van der Waals surface area contributed by atoms with Crippen LogP contribution in [0, 0.1) is 5.82 Å². The summed E-state index contributed by atoms with van der Waals surface area (Å²) in [4.78, 5) is 2.17. The molecule has 1 aromatic carbocycles. The van der Waals surface area contributed by atoms with E-state index >= 15 is 0 Å². The van der Waals surface area contributed by atoms with Gasteiger partial charge in [0.2, 0.25) is 0 Å². The first kappa shape index (κ1) is 16.8. The number of hydrogen-bond acceptors (Lipinski definition) is 5. The zero-order valence-electron chi connectivity index (χ0n) is 13.6. The topological polar surface area (TPSA) is 54.0 Å². The lowest BCUT2D eigenvalue weighted by atomic mass is 9.94. The lowest BCUT2D eigenvalue weighted by Crippen LogP contribution is -2.64. The van der Waals surface area contributed by atoms with E-state index in [-0.39, 0.29) is 30.3 Å². The standard InChI is InChI=1S/C17H25FN2O3/c1-3-20(4-2)15-16(21)14(13-10-22-17(15)23-13)19-9-11-5-7-12(18)8-6-11/h5-8,13-17,19,21H,3-4,9-10H2,1-2H3/t13-,14-,15-,16+,17-/m1/s1. The van der Waals surface area contributed by atoms with Crippen molar-refractivity contribution in [2.24, 2.45) is 0 Å². The lowest BCUT2D eigenvalue weighted by molar-refractivity contribution is -0.181. The van der Waals surface area contributed by atoms with Crippen LogP contribution in [0.5, 0.6) is 0 Å². The van der Waals surface area contributed by atoms with E-state index in [0.717, 1.165) is 18.7 Å². The molecule has 2 aliphatic rings. The summed E-state index contributed by atoms with van der Waals surface area (Å²) in [5, 5.41) is 14.2. The van der Waals surface area contributed by atoms with Crippen LogP contribution in [0.25, 0.3) is 0 Å². The van der Waals surface area contributed by atoms with E-state index < -0.39 is 6.10 Å². The van der Waals surface area contributed by atoms with Crippen molar-refractivity contribution in [3.63, 3.8) is 0 Å². The van der Waals surface area contributed by atoms with Crippen LogP contribution in [0.4, 0.5) is 4.39 Å². The van der Waals surface area contributed by atoms with Crippen LogP contribution in [0.3, 0.4) is 0 Å². The molecule has 3 rings (SSSR count). The zero-order valence-corrected chi connectivity index (χ0v) is 13.6. The SMILES string of the molecule is CCN(CC)[C@H]1[C@@H]2OC[C@@H](O2)[C@@H](NCc2ccc(F)cc2)[C@@H]1O. The first-order valence-corrected chi connectivity index (χ1v) is 8.31. The molecule has 6 heteroatoms. The fourth-order valence-electron chi connectivity index (χ4n) is 3.52. The molecule has 0 aliphatic carbocycles. The number of nitrogens with one attached hydrogen (secondary N) is 1. The molecular formula is C17H25FN2O3. The van der Waals surface area contributed by atoms with Crippen LogP contribution in [0.15, 0.2) is 24.3 Å². The van der Waals surface area contributed by atoms with E-state index in [0.29, 0.717) is 13.2 Å². The second-order valence-electron chi connectivity index (χ2n) is 6.11. The molecule has 0 amide bonds. The maximum Gasteiger partial charge on any atom is 0.176 e. The number of ether oxygens (including phenoxy) is 2. The number of aliphatic hydroxyl groups is 1. The Labute approximate surface area is 136 Å². The molecule has 0 aromatic heterocycles. The molecule has 0 unspecified atom stereocenters. The molecular weight excluding hydrogens is 299 g/mol. The third kappa shape index (κ3) is 3.41. The smallest absolute Gasteiger partial charge is 0.176 e. The van der Waals surface area contributed by atoms with Gasteiger partial charge in [0.15, 0.2) is 6.29 Å². The van der Waals surface area contributed by atoms with Crippen LogP contribution in [0.1, 0.15) is 19.4 Å². The average molecular weight is 324 g/mol. The van der Waals surface area contributed by atoms with Crippen molar-refractivity contribution in [1.82, 2.24) is 10.2 Å². The van der Waals surface area contributed by atoms with Crippen LogP contribution in [-0.2, 0) is 16.0 Å². The summed E-state index contributed by atoms with van der Waals surface area (Å²) in [6, 6.07) is 6.00. The number of fused-ring (bicyclic) bond motifs is 2. The predicted molar refractivity (Wildman–Crippen MR) is 84.4 cm³/mol. The van der Waals surface area contributed by atoms with Gasteiger partial charge in [-0.1, -0.05) is 26.0 Å². The minimum atomic E-state index is -0.568. The lowest BCUT2D eigenvalue weighted by Gasteiger charge is -2.43. The highest BCUT2D eigenvalue weighted by Crippen LogP contribution is 2.31. The van der Waals surface area contributed by atoms with E-state index in [1.165, 1.54) is 12.1 Å². The van der Waals surface area contributed by atoms with Gasteiger partial charge in [-0.25, -0.2) is 4.39 Å². The molecule has 128 valence electrons. The van der Waals surface area contributed by atoms with Crippen LogP contribution >= 0.6 is 0 Å². The van der Waals surface area contributed by atoms with E-state index in [9.17, 15) is 9.50 Å². The molecule has 1 aromatic rings. The molecule has 2 fully saturated rings. The Morgan fingerprint density at radius 2 is 1.96 bits per heavy atom. The van der Waals surface area contributed by atoms with Gasteiger partial charge in [0.25, 0.3) is 0 Å². The van der Waals surface area contributed by atoms with Crippen molar-refractivity contribution in [1.29, 1.82) is 0 Å². The van der Waals surface area contributed by atoms with Crippen LogP contribution in [-0.4, -0.2) is 60.3 Å². The fourth-order valence-corrected chi connectivity index (χ4v) is 3.52. The molecule has 5 nitrogen and oxygen atoms in total. The normalized spacial score (nSPS) is 33.3. The molecule has 2 bridgehead atoms. The summed E-state index contributed by atoms with van der Waals surface area (Å²) < 4.78 is 24.6. The highest BCUT2D eigenvalue weighted by Gasteiger charge is 2.51. The summed E-state index contributed by atoms with van der Waals surface area (Å²) in [6.45, 7) is 6.84. The van der Waals surface area contributed by atoms with Gasteiger partial charge in [-0.3, -0.25) is 4.90 Å². The average Bonchev–Trinajstić information content (AvgIpc) is 2.98. The fraction of sp³-hybridized carbons (Fsp3) is 0.647. The van der Waals surface area contributed by atoms with Gasteiger partial charge in [0, 0.05) is 6.54 Å². The monoisotopic (exact) mass is 324 g/mol. The number of aliphatic hydroxyl groups excluding tert-OH is 1. The molecule has 0 saturated carbocycles. The molecule has 2 N–H and O–H groups in total. The van der Waals surface area contributed by atoms with E-state index in [1.807, 2.05) is 0 Å². The number of rotatable bonds is 6. The van der Waals surface area contributed by atoms with E-state index in [2.05, 4.69) is 24.1 Å². The Bertz CT molecular complexity index is 507. The third-order valence-corrected chi connectivity index (χ3v) is 4.82. The molecule has 0 spiro atoms. The first-order chi connectivity index (χ1) is 11.1. The van der Waals surface area contributed by atoms with Gasteiger partial charge in [-0.05, 0) is 30.8 Å². The van der Waals surface area contributed by atoms with Crippen molar-refractivity contribution in [3.05, 3.63) is 35.6 Å². The van der Waals surface area contributed by atoms with Gasteiger partial charge in [-0.15, -0.1) is 0 Å². The van der Waals surface area contributed by atoms with Crippen molar-refractivity contribution in [3.8, 4) is 0 Å². The summed E-state index contributed by atoms with van der Waals surface area (Å²) in [6.07, 6.45) is -1.08. The maximum atomic E-state index is 13.0. The van der Waals surface area contributed by atoms with Gasteiger partial charge < -0.3 is 19.9 Å². The highest BCUT2D eigenvalue weighted by atomic mass is 19.1. The molecule has 2 heterocycles. The Morgan fingerprint density at radius 1 is 1.26 bits per heavy atom. The molecule has 2 aliphatic heterocycles. The number of nitrogens with zero attached hydrogens (tertiary/aromatic N) is 1. The number of benzene rings is 1. The van der Waals surface area contributed by atoms with Gasteiger partial charge in [-0.2, -0.15) is 0 Å². The summed E-state index contributed by atoms with van der Waals surface area (Å²) in [5.41, 5.74) is 0.971. The molecule has 23 heavy (non-hydrogen) atoms. The quantitative estimate of drug-likeness (QED) is 0.821. The molecule has 2 saturated heterocycles. The Morgan fingerprint density at radius 3 is 2.61 bits per heavy atom. The Hall–Kier alpha value is -1.05. The number of likely N-dealkylation sites (N-methyl/N-ethyl adjacent to an activating group) is 1. The Balaban J connectivity index is 1.69. The minimum absolute atomic E-state index is 0.151. The minimum Gasteiger partial charge on any atom is -0.390 e. The molecule has 5 atom stereocenters. The second-order valence-corrected chi connectivity index (χ2v) is 6.11. The first-order valence-electron chi connectivity index (χ1n) is 8.31. The maximum absolute atomic E-state index is 13.0. The van der Waals surface area contributed by atoms with Crippen molar-refractivity contribution in [2.45, 2.75) is 51.0 Å². The van der Waals surface area contributed by atoms with E-state index in [4.69, 9.17) is 9.47 Å². The van der Waals surface area contributed by atoms with Crippen LogP contribution < -0.4 is 5.32 Å². The van der Waals surface area contributed by atoms with E-state index in [1.54, 1.807) is 12.1 Å².